The van der Waals surface area contributed by atoms with Crippen molar-refractivity contribution in [2.45, 2.75) is 32.2 Å². The number of nitrogens with zero attached hydrogens (tertiary/aromatic N) is 2. The van der Waals surface area contributed by atoms with E-state index in [9.17, 15) is 4.79 Å². The topological polar surface area (TPSA) is 42.4 Å². The van der Waals surface area contributed by atoms with Gasteiger partial charge in [-0.1, -0.05) is 18.2 Å². The van der Waals surface area contributed by atoms with E-state index in [-0.39, 0.29) is 11.8 Å². The molecule has 1 saturated heterocycles. The highest BCUT2D eigenvalue weighted by atomic mass is 16.5. The lowest BCUT2D eigenvalue weighted by Gasteiger charge is -2.30. The Morgan fingerprint density at radius 1 is 1.32 bits per heavy atom. The second-order valence-corrected chi connectivity index (χ2v) is 6.25. The van der Waals surface area contributed by atoms with Gasteiger partial charge in [-0.15, -0.1) is 0 Å². The molecule has 0 bridgehead atoms. The van der Waals surface area contributed by atoms with Gasteiger partial charge in [0.1, 0.15) is 0 Å². The summed E-state index contributed by atoms with van der Waals surface area (Å²) >= 11 is 0. The summed E-state index contributed by atoms with van der Waals surface area (Å²) in [7, 11) is 0. The first-order chi connectivity index (χ1) is 10.8. The van der Waals surface area contributed by atoms with Crippen molar-refractivity contribution in [3.05, 3.63) is 42.2 Å². The van der Waals surface area contributed by atoms with Gasteiger partial charge in [-0.2, -0.15) is 0 Å². The normalized spacial score (nSPS) is 24.4. The molecule has 0 unspecified atom stereocenters. The van der Waals surface area contributed by atoms with Gasteiger partial charge in [0, 0.05) is 19.3 Å². The zero-order chi connectivity index (χ0) is 15.2. The maximum absolute atomic E-state index is 12.8. The van der Waals surface area contributed by atoms with Crippen LogP contribution in [0.3, 0.4) is 0 Å². The molecule has 0 spiro atoms. The molecule has 4 heteroatoms. The Hall–Kier alpha value is -1.68. The highest BCUT2D eigenvalue weighted by Crippen LogP contribution is 2.23. The Kier molecular flexibility index (Phi) is 5.22. The minimum absolute atomic E-state index is 0.0304. The average Bonchev–Trinajstić information content (AvgIpc) is 3.10. The third-order valence-electron chi connectivity index (χ3n) is 4.53. The van der Waals surface area contributed by atoms with Crippen molar-refractivity contribution in [2.24, 2.45) is 11.8 Å². The third-order valence-corrected chi connectivity index (χ3v) is 4.53. The van der Waals surface area contributed by atoms with Gasteiger partial charge in [0.25, 0.3) is 0 Å². The van der Waals surface area contributed by atoms with Crippen molar-refractivity contribution >= 4 is 5.91 Å². The predicted octanol–water partition coefficient (Wildman–Crippen LogP) is 2.80. The monoisotopic (exact) mass is 300 g/mol. The van der Waals surface area contributed by atoms with Crippen LogP contribution in [0.4, 0.5) is 0 Å². The molecule has 118 valence electrons. The Morgan fingerprint density at radius 2 is 2.27 bits per heavy atom. The van der Waals surface area contributed by atoms with Gasteiger partial charge in [0.2, 0.25) is 5.91 Å². The standard InChI is InChI=1S/C18H24N2O2/c21-18(16-9-11-22-14-16)20(12-15-6-2-1-3-7-15)13-17-8-4-5-10-19-17/h1-2,4-5,8,10,15-16H,3,6-7,9,11-14H2/t15-,16-/m0/s1. The number of aromatic nitrogens is 1. The van der Waals surface area contributed by atoms with E-state index in [4.69, 9.17) is 4.74 Å². The van der Waals surface area contributed by atoms with Crippen LogP contribution in [-0.2, 0) is 16.1 Å². The average molecular weight is 300 g/mol. The van der Waals surface area contributed by atoms with Crippen molar-refractivity contribution < 1.29 is 9.53 Å². The molecule has 1 fully saturated rings. The first kappa shape index (κ1) is 15.2. The summed E-state index contributed by atoms with van der Waals surface area (Å²) in [5, 5.41) is 0. The number of carbonyl (C=O) groups excluding carboxylic acids is 1. The number of pyridine rings is 1. The molecule has 2 aliphatic rings. The summed E-state index contributed by atoms with van der Waals surface area (Å²) in [5.41, 5.74) is 0.959. The molecule has 0 N–H and O–H groups in total. The molecule has 0 radical (unpaired) electrons. The Labute approximate surface area is 132 Å². The first-order valence-corrected chi connectivity index (χ1v) is 8.24. The summed E-state index contributed by atoms with van der Waals surface area (Å²) in [4.78, 5) is 19.2. The molecular formula is C18H24N2O2. The van der Waals surface area contributed by atoms with E-state index in [0.717, 1.165) is 31.5 Å². The molecule has 1 aromatic heterocycles. The van der Waals surface area contributed by atoms with Crippen LogP contribution in [0.2, 0.25) is 0 Å². The van der Waals surface area contributed by atoms with Crippen LogP contribution in [-0.4, -0.2) is 35.5 Å². The zero-order valence-electron chi connectivity index (χ0n) is 13.0. The van der Waals surface area contributed by atoms with Crippen LogP contribution in [0.15, 0.2) is 36.5 Å². The van der Waals surface area contributed by atoms with Crippen LogP contribution < -0.4 is 0 Å². The van der Waals surface area contributed by atoms with Crippen LogP contribution in [0.5, 0.6) is 0 Å². The van der Waals surface area contributed by atoms with E-state index in [1.807, 2.05) is 23.1 Å². The Balaban J connectivity index is 1.69. The zero-order valence-corrected chi connectivity index (χ0v) is 13.0. The van der Waals surface area contributed by atoms with E-state index in [0.29, 0.717) is 25.7 Å². The number of hydrogen-bond donors (Lipinski definition) is 0. The van der Waals surface area contributed by atoms with Crippen LogP contribution >= 0.6 is 0 Å². The van der Waals surface area contributed by atoms with E-state index in [1.165, 1.54) is 6.42 Å². The SMILES string of the molecule is O=C([C@H]1CCOC1)N(Cc1ccccn1)C[C@H]1CC=CCC1. The predicted molar refractivity (Wildman–Crippen MR) is 85.1 cm³/mol. The molecule has 1 aliphatic heterocycles. The highest BCUT2D eigenvalue weighted by Gasteiger charge is 2.29. The van der Waals surface area contributed by atoms with Crippen LogP contribution in [0, 0.1) is 11.8 Å². The molecule has 2 heterocycles. The fourth-order valence-corrected chi connectivity index (χ4v) is 3.24. The molecule has 3 rings (SSSR count). The Morgan fingerprint density at radius 3 is 2.95 bits per heavy atom. The number of amides is 1. The van der Waals surface area contributed by atoms with Gasteiger partial charge in [-0.05, 0) is 43.7 Å². The first-order valence-electron chi connectivity index (χ1n) is 8.24. The molecule has 0 aromatic carbocycles. The molecular weight excluding hydrogens is 276 g/mol. The van der Waals surface area contributed by atoms with Crippen molar-refractivity contribution in [2.75, 3.05) is 19.8 Å². The van der Waals surface area contributed by atoms with Gasteiger partial charge < -0.3 is 9.64 Å². The quantitative estimate of drug-likeness (QED) is 0.785. The molecule has 1 aliphatic carbocycles. The lowest BCUT2D eigenvalue weighted by Crippen LogP contribution is -2.39. The van der Waals surface area contributed by atoms with Gasteiger partial charge in [0.05, 0.1) is 24.8 Å². The fraction of sp³-hybridized carbons (Fsp3) is 0.556. The number of rotatable bonds is 5. The van der Waals surface area contributed by atoms with Gasteiger partial charge in [0.15, 0.2) is 0 Å². The van der Waals surface area contributed by atoms with Crippen LogP contribution in [0.25, 0.3) is 0 Å². The van der Waals surface area contributed by atoms with E-state index < -0.39 is 0 Å². The molecule has 1 aromatic rings. The maximum atomic E-state index is 12.8. The summed E-state index contributed by atoms with van der Waals surface area (Å²) in [6.07, 6.45) is 10.5. The van der Waals surface area contributed by atoms with E-state index in [1.54, 1.807) is 6.20 Å². The summed E-state index contributed by atoms with van der Waals surface area (Å²) in [6.45, 7) is 2.72. The number of hydrogen-bond acceptors (Lipinski definition) is 3. The lowest BCUT2D eigenvalue weighted by molar-refractivity contribution is -0.137. The molecule has 22 heavy (non-hydrogen) atoms. The minimum atomic E-state index is 0.0304. The summed E-state index contributed by atoms with van der Waals surface area (Å²) < 4.78 is 5.39. The second-order valence-electron chi connectivity index (χ2n) is 6.25. The molecule has 0 saturated carbocycles. The van der Waals surface area contributed by atoms with Gasteiger partial charge >= 0.3 is 0 Å². The second kappa shape index (κ2) is 7.54. The maximum Gasteiger partial charge on any atom is 0.228 e. The smallest absolute Gasteiger partial charge is 0.228 e. The molecule has 1 amide bonds. The van der Waals surface area contributed by atoms with Gasteiger partial charge in [-0.3, -0.25) is 9.78 Å². The molecule has 2 atom stereocenters. The third kappa shape index (κ3) is 3.95. The van der Waals surface area contributed by atoms with Crippen molar-refractivity contribution in [1.29, 1.82) is 0 Å². The van der Waals surface area contributed by atoms with Crippen molar-refractivity contribution in [1.82, 2.24) is 9.88 Å². The lowest BCUT2D eigenvalue weighted by atomic mass is 9.93. The van der Waals surface area contributed by atoms with Crippen molar-refractivity contribution in [3.8, 4) is 0 Å². The largest absolute Gasteiger partial charge is 0.381 e. The summed E-state index contributed by atoms with van der Waals surface area (Å²) in [6, 6.07) is 5.88. The number of carbonyl (C=O) groups is 1. The fourth-order valence-electron chi connectivity index (χ4n) is 3.24. The molecule has 4 nitrogen and oxygen atoms in total. The van der Waals surface area contributed by atoms with Gasteiger partial charge in [-0.25, -0.2) is 0 Å². The van der Waals surface area contributed by atoms with E-state index in [2.05, 4.69) is 17.1 Å². The number of allylic oxidation sites excluding steroid dienone is 2. The summed E-state index contributed by atoms with van der Waals surface area (Å²) in [5.74, 6) is 0.834. The van der Waals surface area contributed by atoms with Crippen LogP contribution in [0.1, 0.15) is 31.4 Å². The van der Waals surface area contributed by atoms with Crippen molar-refractivity contribution in [3.63, 3.8) is 0 Å². The Bertz CT molecular complexity index is 509. The minimum Gasteiger partial charge on any atom is -0.381 e. The number of ether oxygens (including phenoxy) is 1. The van der Waals surface area contributed by atoms with E-state index >= 15 is 0 Å². The highest BCUT2D eigenvalue weighted by molar-refractivity contribution is 5.79.